The summed E-state index contributed by atoms with van der Waals surface area (Å²) < 4.78 is 39.3. The average Bonchev–Trinajstić information content (AvgIpc) is 3.26. The first-order valence-corrected chi connectivity index (χ1v) is 9.47. The predicted octanol–water partition coefficient (Wildman–Crippen LogP) is 3.48. The Kier molecular flexibility index (Phi) is 7.56. The summed E-state index contributed by atoms with van der Waals surface area (Å²) >= 11 is 0. The van der Waals surface area contributed by atoms with Crippen molar-refractivity contribution in [2.24, 2.45) is 0 Å². The number of alkyl halides is 2. The van der Waals surface area contributed by atoms with Crippen LogP contribution >= 0.6 is 0 Å². The third-order valence-corrected chi connectivity index (χ3v) is 4.39. The zero-order chi connectivity index (χ0) is 21.3. The summed E-state index contributed by atoms with van der Waals surface area (Å²) in [4.78, 5) is 24.3. The van der Waals surface area contributed by atoms with Crippen LogP contribution in [-0.4, -0.2) is 44.4 Å². The first kappa shape index (κ1) is 21.5. The lowest BCUT2D eigenvalue weighted by atomic mass is 10.1. The number of carbonyl (C=O) groups excluding carboxylic acids is 2. The van der Waals surface area contributed by atoms with Crippen molar-refractivity contribution in [2.45, 2.75) is 25.6 Å². The van der Waals surface area contributed by atoms with E-state index in [1.807, 2.05) is 0 Å². The van der Waals surface area contributed by atoms with Crippen molar-refractivity contribution in [3.05, 3.63) is 54.1 Å². The molecule has 0 aromatic heterocycles. The lowest BCUT2D eigenvalue weighted by Crippen LogP contribution is -2.34. The van der Waals surface area contributed by atoms with E-state index in [1.54, 1.807) is 36.4 Å². The van der Waals surface area contributed by atoms with E-state index in [-0.39, 0.29) is 17.4 Å². The van der Waals surface area contributed by atoms with Crippen LogP contribution in [0.3, 0.4) is 0 Å². The van der Waals surface area contributed by atoms with E-state index in [0.29, 0.717) is 24.5 Å². The van der Waals surface area contributed by atoms with Crippen molar-refractivity contribution >= 4 is 23.3 Å². The lowest BCUT2D eigenvalue weighted by molar-refractivity contribution is -0.124. The number of hydrogen-bond acceptors (Lipinski definition) is 6. The molecule has 1 aliphatic heterocycles. The topological polar surface area (TPSA) is 85.9 Å². The summed E-state index contributed by atoms with van der Waals surface area (Å²) in [7, 11) is 0. The SMILES string of the molecule is O=C(COC(=O)c1ccccc1Nc1ccc(OC(F)F)cc1)NC[C@H]1CCCO1. The Labute approximate surface area is 172 Å². The molecule has 0 spiro atoms. The van der Waals surface area contributed by atoms with Gasteiger partial charge >= 0.3 is 12.6 Å². The van der Waals surface area contributed by atoms with E-state index in [0.717, 1.165) is 12.8 Å². The molecule has 0 aliphatic carbocycles. The van der Waals surface area contributed by atoms with Gasteiger partial charge in [0.25, 0.3) is 5.91 Å². The van der Waals surface area contributed by atoms with Gasteiger partial charge in [-0.15, -0.1) is 0 Å². The number of nitrogens with one attached hydrogen (secondary N) is 2. The standard InChI is InChI=1S/C21H22F2N2O5/c22-21(23)30-15-9-7-14(8-10-15)25-18-6-2-1-5-17(18)20(27)29-13-19(26)24-12-16-4-3-11-28-16/h1-2,5-10,16,21,25H,3-4,11-13H2,(H,24,26)/t16-/m1/s1. The molecule has 2 aromatic carbocycles. The second-order valence-electron chi connectivity index (χ2n) is 6.59. The molecule has 1 heterocycles. The zero-order valence-corrected chi connectivity index (χ0v) is 16.1. The minimum absolute atomic E-state index is 0.00654. The Morgan fingerprint density at radius 1 is 1.13 bits per heavy atom. The molecule has 1 atom stereocenters. The number of ether oxygens (including phenoxy) is 3. The van der Waals surface area contributed by atoms with Crippen molar-refractivity contribution in [2.75, 3.05) is 25.1 Å². The van der Waals surface area contributed by atoms with Gasteiger partial charge in [0.2, 0.25) is 0 Å². The molecule has 160 valence electrons. The Hall–Kier alpha value is -3.20. The van der Waals surface area contributed by atoms with Gasteiger partial charge < -0.3 is 24.8 Å². The number of rotatable bonds is 9. The second-order valence-corrected chi connectivity index (χ2v) is 6.59. The van der Waals surface area contributed by atoms with Gasteiger partial charge in [0.1, 0.15) is 5.75 Å². The minimum atomic E-state index is -2.90. The smallest absolute Gasteiger partial charge is 0.387 e. The second kappa shape index (κ2) is 10.5. The molecule has 1 fully saturated rings. The maximum Gasteiger partial charge on any atom is 0.387 e. The van der Waals surface area contributed by atoms with Gasteiger partial charge in [-0.1, -0.05) is 12.1 Å². The van der Waals surface area contributed by atoms with Crippen LogP contribution in [-0.2, 0) is 14.3 Å². The number of halogens is 2. The van der Waals surface area contributed by atoms with Gasteiger partial charge in [0.05, 0.1) is 17.4 Å². The maximum absolute atomic E-state index is 12.4. The summed E-state index contributed by atoms with van der Waals surface area (Å²) in [5, 5.41) is 5.71. The molecule has 1 aliphatic rings. The van der Waals surface area contributed by atoms with Crippen molar-refractivity contribution in [3.8, 4) is 5.75 Å². The van der Waals surface area contributed by atoms with Crippen LogP contribution in [0, 0.1) is 0 Å². The molecule has 0 unspecified atom stereocenters. The lowest BCUT2D eigenvalue weighted by Gasteiger charge is -2.13. The Balaban J connectivity index is 1.54. The molecular formula is C21H22F2N2O5. The van der Waals surface area contributed by atoms with Gasteiger partial charge in [0.15, 0.2) is 6.61 Å². The van der Waals surface area contributed by atoms with Crippen LogP contribution in [0.5, 0.6) is 5.75 Å². The number of esters is 1. The fraction of sp³-hybridized carbons (Fsp3) is 0.333. The summed E-state index contributed by atoms with van der Waals surface area (Å²) in [6.07, 6.45) is 1.88. The van der Waals surface area contributed by atoms with Crippen LogP contribution in [0.25, 0.3) is 0 Å². The zero-order valence-electron chi connectivity index (χ0n) is 16.1. The third kappa shape index (κ3) is 6.41. The first-order chi connectivity index (χ1) is 14.5. The fourth-order valence-electron chi connectivity index (χ4n) is 2.94. The van der Waals surface area contributed by atoms with Crippen molar-refractivity contribution in [1.29, 1.82) is 0 Å². The van der Waals surface area contributed by atoms with Gasteiger partial charge in [-0.05, 0) is 49.2 Å². The Morgan fingerprint density at radius 2 is 1.90 bits per heavy atom. The number of hydrogen-bond donors (Lipinski definition) is 2. The summed E-state index contributed by atoms with van der Waals surface area (Å²) in [5.74, 6) is -1.04. The van der Waals surface area contributed by atoms with Gasteiger partial charge in [-0.25, -0.2) is 4.79 Å². The monoisotopic (exact) mass is 420 g/mol. The number of benzene rings is 2. The summed E-state index contributed by atoms with van der Waals surface area (Å²) in [6.45, 7) is -2.22. The highest BCUT2D eigenvalue weighted by Crippen LogP contribution is 2.24. The number of para-hydroxylation sites is 1. The van der Waals surface area contributed by atoms with E-state index in [1.165, 1.54) is 12.1 Å². The minimum Gasteiger partial charge on any atom is -0.452 e. The molecule has 0 radical (unpaired) electrons. The summed E-state index contributed by atoms with van der Waals surface area (Å²) in [6, 6.07) is 12.5. The molecule has 7 nitrogen and oxygen atoms in total. The Morgan fingerprint density at radius 3 is 2.60 bits per heavy atom. The largest absolute Gasteiger partial charge is 0.452 e. The molecule has 0 bridgehead atoms. The fourth-order valence-corrected chi connectivity index (χ4v) is 2.94. The van der Waals surface area contributed by atoms with Crippen LogP contribution in [0.1, 0.15) is 23.2 Å². The molecule has 1 amide bonds. The molecule has 30 heavy (non-hydrogen) atoms. The van der Waals surface area contributed by atoms with E-state index in [2.05, 4.69) is 15.4 Å². The van der Waals surface area contributed by atoms with Crippen molar-refractivity contribution in [1.82, 2.24) is 5.32 Å². The van der Waals surface area contributed by atoms with Gasteiger partial charge in [-0.3, -0.25) is 4.79 Å². The van der Waals surface area contributed by atoms with Crippen LogP contribution in [0.15, 0.2) is 48.5 Å². The summed E-state index contributed by atoms with van der Waals surface area (Å²) in [5.41, 5.74) is 1.24. The Bertz CT molecular complexity index is 855. The highest BCUT2D eigenvalue weighted by molar-refractivity contribution is 5.97. The van der Waals surface area contributed by atoms with Gasteiger partial charge in [-0.2, -0.15) is 8.78 Å². The average molecular weight is 420 g/mol. The van der Waals surface area contributed by atoms with E-state index in [4.69, 9.17) is 9.47 Å². The highest BCUT2D eigenvalue weighted by Gasteiger charge is 2.18. The molecule has 1 saturated heterocycles. The van der Waals surface area contributed by atoms with E-state index >= 15 is 0 Å². The van der Waals surface area contributed by atoms with Crippen molar-refractivity contribution in [3.63, 3.8) is 0 Å². The highest BCUT2D eigenvalue weighted by atomic mass is 19.3. The van der Waals surface area contributed by atoms with Crippen molar-refractivity contribution < 1.29 is 32.6 Å². The van der Waals surface area contributed by atoms with Crippen LogP contribution in [0.2, 0.25) is 0 Å². The van der Waals surface area contributed by atoms with Crippen LogP contribution < -0.4 is 15.4 Å². The number of anilines is 2. The molecule has 3 rings (SSSR count). The van der Waals surface area contributed by atoms with Gasteiger partial charge in [0, 0.05) is 18.8 Å². The number of amides is 1. The molecular weight excluding hydrogens is 398 g/mol. The normalized spacial score (nSPS) is 15.6. The quantitative estimate of drug-likeness (QED) is 0.604. The van der Waals surface area contributed by atoms with Crippen LogP contribution in [0.4, 0.5) is 20.2 Å². The molecule has 2 N–H and O–H groups in total. The van der Waals surface area contributed by atoms with E-state index in [9.17, 15) is 18.4 Å². The van der Waals surface area contributed by atoms with E-state index < -0.39 is 25.1 Å². The first-order valence-electron chi connectivity index (χ1n) is 9.47. The number of carbonyl (C=O) groups is 2. The molecule has 2 aromatic rings. The predicted molar refractivity (Wildman–Crippen MR) is 105 cm³/mol. The third-order valence-electron chi connectivity index (χ3n) is 4.39. The molecule has 0 saturated carbocycles. The maximum atomic E-state index is 12.4. The molecule has 9 heteroatoms.